The highest BCUT2D eigenvalue weighted by Crippen LogP contribution is 2.24. The van der Waals surface area contributed by atoms with Gasteiger partial charge in [0.05, 0.1) is 10.4 Å². The van der Waals surface area contributed by atoms with Gasteiger partial charge >= 0.3 is 0 Å². The molecule has 5 heteroatoms. The first-order valence-electron chi connectivity index (χ1n) is 4.32. The van der Waals surface area contributed by atoms with Crippen molar-refractivity contribution in [1.29, 1.82) is 0 Å². The number of rotatable bonds is 2. The van der Waals surface area contributed by atoms with Crippen molar-refractivity contribution in [1.82, 2.24) is 0 Å². The van der Waals surface area contributed by atoms with Gasteiger partial charge in [0.25, 0.3) is 0 Å². The Kier molecular flexibility index (Phi) is 3.16. The number of thiophene rings is 1. The molecule has 0 saturated heterocycles. The number of halogens is 3. The lowest BCUT2D eigenvalue weighted by Gasteiger charge is -2.01. The molecule has 0 bridgehead atoms. The van der Waals surface area contributed by atoms with Crippen molar-refractivity contribution in [2.45, 2.75) is 0 Å². The third-order valence-corrected chi connectivity index (χ3v) is 3.67. The van der Waals surface area contributed by atoms with E-state index >= 15 is 0 Å². The second-order valence-corrected chi connectivity index (χ2v) is 4.88. The molecule has 0 N–H and O–H groups in total. The molecule has 0 atom stereocenters. The molecular formula is C11H5BrF2OS. The van der Waals surface area contributed by atoms with Gasteiger partial charge < -0.3 is 0 Å². The Morgan fingerprint density at radius 2 is 1.88 bits per heavy atom. The standard InChI is InChI=1S/C11H5BrF2OS/c12-6-4-9(16-5-6)11(15)10-7(13)2-1-3-8(10)14/h1-5H. The lowest BCUT2D eigenvalue weighted by Crippen LogP contribution is -2.05. The molecule has 1 aromatic carbocycles. The van der Waals surface area contributed by atoms with Crippen LogP contribution in [0.2, 0.25) is 0 Å². The fraction of sp³-hybridized carbons (Fsp3) is 0. The van der Waals surface area contributed by atoms with Crippen molar-refractivity contribution in [3.8, 4) is 0 Å². The van der Waals surface area contributed by atoms with Crippen molar-refractivity contribution in [2.24, 2.45) is 0 Å². The minimum absolute atomic E-state index is 0.302. The lowest BCUT2D eigenvalue weighted by molar-refractivity contribution is 0.103. The second kappa shape index (κ2) is 4.43. The van der Waals surface area contributed by atoms with Gasteiger partial charge in [0, 0.05) is 9.85 Å². The van der Waals surface area contributed by atoms with Crippen LogP contribution in [0.15, 0.2) is 34.1 Å². The Morgan fingerprint density at radius 3 is 2.38 bits per heavy atom. The molecule has 0 spiro atoms. The summed E-state index contributed by atoms with van der Waals surface area (Å²) in [6, 6.07) is 4.91. The highest BCUT2D eigenvalue weighted by Gasteiger charge is 2.19. The van der Waals surface area contributed by atoms with E-state index in [1.807, 2.05) is 0 Å². The van der Waals surface area contributed by atoms with Gasteiger partial charge in [0.1, 0.15) is 11.6 Å². The Balaban J connectivity index is 2.49. The molecule has 1 nitrogen and oxygen atoms in total. The maximum absolute atomic E-state index is 13.3. The maximum Gasteiger partial charge on any atom is 0.208 e. The summed E-state index contributed by atoms with van der Waals surface area (Å²) < 4.78 is 27.4. The van der Waals surface area contributed by atoms with Crippen LogP contribution in [0.4, 0.5) is 8.78 Å². The summed E-state index contributed by atoms with van der Waals surface area (Å²) in [7, 11) is 0. The van der Waals surface area contributed by atoms with Crippen molar-refractivity contribution < 1.29 is 13.6 Å². The van der Waals surface area contributed by atoms with E-state index in [2.05, 4.69) is 15.9 Å². The number of ketones is 1. The van der Waals surface area contributed by atoms with Crippen LogP contribution in [0, 0.1) is 11.6 Å². The summed E-state index contributed by atoms with van der Waals surface area (Å²) in [4.78, 5) is 12.1. The van der Waals surface area contributed by atoms with Crippen LogP contribution in [-0.4, -0.2) is 5.78 Å². The van der Waals surface area contributed by atoms with Crippen LogP contribution >= 0.6 is 27.3 Å². The maximum atomic E-state index is 13.3. The Morgan fingerprint density at radius 1 is 1.25 bits per heavy atom. The SMILES string of the molecule is O=C(c1cc(Br)cs1)c1c(F)cccc1F. The van der Waals surface area contributed by atoms with E-state index in [1.54, 1.807) is 11.4 Å². The summed E-state index contributed by atoms with van der Waals surface area (Å²) in [6.45, 7) is 0. The number of benzene rings is 1. The summed E-state index contributed by atoms with van der Waals surface area (Å²) in [5, 5.41) is 1.69. The first-order chi connectivity index (χ1) is 7.59. The molecule has 0 unspecified atom stereocenters. The minimum Gasteiger partial charge on any atom is -0.287 e. The molecule has 1 heterocycles. The molecule has 0 aliphatic carbocycles. The monoisotopic (exact) mass is 302 g/mol. The molecular weight excluding hydrogens is 298 g/mol. The van der Waals surface area contributed by atoms with Crippen LogP contribution in [-0.2, 0) is 0 Å². The Labute approximate surface area is 103 Å². The highest BCUT2D eigenvalue weighted by molar-refractivity contribution is 9.10. The second-order valence-electron chi connectivity index (χ2n) is 3.05. The first-order valence-corrected chi connectivity index (χ1v) is 5.99. The fourth-order valence-corrected chi connectivity index (χ4v) is 2.64. The predicted molar refractivity (Wildman–Crippen MR) is 61.8 cm³/mol. The quantitative estimate of drug-likeness (QED) is 0.766. The van der Waals surface area contributed by atoms with Gasteiger partial charge in [-0.1, -0.05) is 6.07 Å². The number of carbonyl (C=O) groups excluding carboxylic acids is 1. The van der Waals surface area contributed by atoms with Crippen LogP contribution in [0.5, 0.6) is 0 Å². The topological polar surface area (TPSA) is 17.1 Å². The van der Waals surface area contributed by atoms with Gasteiger partial charge in [0.15, 0.2) is 0 Å². The molecule has 0 saturated carbocycles. The lowest BCUT2D eigenvalue weighted by atomic mass is 10.1. The molecule has 82 valence electrons. The number of carbonyl (C=O) groups is 1. The predicted octanol–water partition coefficient (Wildman–Crippen LogP) is 4.02. The molecule has 16 heavy (non-hydrogen) atoms. The summed E-state index contributed by atoms with van der Waals surface area (Å²) in [5.41, 5.74) is -0.503. The molecule has 1 aromatic heterocycles. The molecule has 0 amide bonds. The van der Waals surface area contributed by atoms with Gasteiger partial charge in [-0.05, 0) is 34.1 Å². The van der Waals surface area contributed by atoms with E-state index in [4.69, 9.17) is 0 Å². The fourth-order valence-electron chi connectivity index (χ4n) is 1.27. The van der Waals surface area contributed by atoms with E-state index in [0.29, 0.717) is 4.88 Å². The number of hydrogen-bond acceptors (Lipinski definition) is 2. The van der Waals surface area contributed by atoms with Gasteiger partial charge in [0.2, 0.25) is 5.78 Å². The number of hydrogen-bond donors (Lipinski definition) is 0. The molecule has 0 radical (unpaired) electrons. The Hall–Kier alpha value is -1.07. The molecule has 2 aromatic rings. The smallest absolute Gasteiger partial charge is 0.208 e. The molecule has 0 fully saturated rings. The van der Waals surface area contributed by atoms with Gasteiger partial charge in [-0.15, -0.1) is 11.3 Å². The zero-order valence-electron chi connectivity index (χ0n) is 7.84. The van der Waals surface area contributed by atoms with Crippen LogP contribution in [0.1, 0.15) is 15.2 Å². The molecule has 2 rings (SSSR count). The van der Waals surface area contributed by atoms with Crippen molar-refractivity contribution in [2.75, 3.05) is 0 Å². The van der Waals surface area contributed by atoms with Gasteiger partial charge in [-0.2, -0.15) is 0 Å². The van der Waals surface area contributed by atoms with Gasteiger partial charge in [-0.25, -0.2) is 8.78 Å². The van der Waals surface area contributed by atoms with Gasteiger partial charge in [-0.3, -0.25) is 4.79 Å². The van der Waals surface area contributed by atoms with Crippen molar-refractivity contribution in [3.63, 3.8) is 0 Å². The normalized spacial score (nSPS) is 10.4. The molecule has 0 aliphatic rings. The molecule has 0 aliphatic heterocycles. The van der Waals surface area contributed by atoms with E-state index in [-0.39, 0.29) is 0 Å². The zero-order chi connectivity index (χ0) is 11.7. The van der Waals surface area contributed by atoms with E-state index in [0.717, 1.165) is 27.9 Å². The first kappa shape index (κ1) is 11.4. The van der Waals surface area contributed by atoms with E-state index < -0.39 is 23.0 Å². The van der Waals surface area contributed by atoms with E-state index in [9.17, 15) is 13.6 Å². The van der Waals surface area contributed by atoms with Crippen molar-refractivity contribution in [3.05, 3.63) is 56.2 Å². The Bertz CT molecular complexity index is 530. The van der Waals surface area contributed by atoms with Crippen LogP contribution < -0.4 is 0 Å². The average Bonchev–Trinajstić information content (AvgIpc) is 2.64. The summed E-state index contributed by atoms with van der Waals surface area (Å²) in [6.07, 6.45) is 0. The summed E-state index contributed by atoms with van der Waals surface area (Å²) >= 11 is 4.32. The van der Waals surface area contributed by atoms with Crippen LogP contribution in [0.3, 0.4) is 0 Å². The third kappa shape index (κ3) is 2.05. The average molecular weight is 303 g/mol. The van der Waals surface area contributed by atoms with Crippen molar-refractivity contribution >= 4 is 33.0 Å². The van der Waals surface area contributed by atoms with Crippen LogP contribution in [0.25, 0.3) is 0 Å². The van der Waals surface area contributed by atoms with E-state index in [1.165, 1.54) is 6.07 Å². The summed E-state index contributed by atoms with van der Waals surface area (Å²) in [5.74, 6) is -2.31. The minimum atomic E-state index is -0.838. The zero-order valence-corrected chi connectivity index (χ0v) is 10.2. The third-order valence-electron chi connectivity index (χ3n) is 1.98. The highest BCUT2D eigenvalue weighted by atomic mass is 79.9. The largest absolute Gasteiger partial charge is 0.287 e.